The summed E-state index contributed by atoms with van der Waals surface area (Å²) in [5, 5.41) is 0. The average Bonchev–Trinajstić information content (AvgIpc) is 3.06. The molecule has 0 radical (unpaired) electrons. The molecular weight excluding hydrogens is 448 g/mol. The van der Waals surface area contributed by atoms with Crippen LogP contribution < -0.4 is 4.72 Å². The third-order valence-electron chi connectivity index (χ3n) is 3.78. The van der Waals surface area contributed by atoms with Gasteiger partial charge in [0.25, 0.3) is 15.9 Å². The SMILES string of the molecule is CN(Cc1ccc(Br)s1)C(=O)c1cccc(NS(=O)(=O)c2ccccc2)c1. The number of carbonyl (C=O) groups excluding carboxylic acids is 1. The lowest BCUT2D eigenvalue weighted by Gasteiger charge is -2.17. The minimum absolute atomic E-state index is 0.169. The number of hydrogen-bond acceptors (Lipinski definition) is 4. The first kappa shape index (κ1) is 19.6. The van der Waals surface area contributed by atoms with Crippen LogP contribution in [0.3, 0.4) is 0 Å². The number of nitrogens with zero attached hydrogens (tertiary/aromatic N) is 1. The molecule has 2 aromatic carbocycles. The number of amides is 1. The fraction of sp³-hybridized carbons (Fsp3) is 0.105. The lowest BCUT2D eigenvalue weighted by atomic mass is 10.2. The van der Waals surface area contributed by atoms with Gasteiger partial charge in [-0.15, -0.1) is 11.3 Å². The Morgan fingerprint density at radius 1 is 1.07 bits per heavy atom. The first-order valence-corrected chi connectivity index (χ1v) is 11.1. The zero-order chi connectivity index (χ0) is 19.4. The Bertz CT molecular complexity index is 1050. The van der Waals surface area contributed by atoms with Crippen LogP contribution >= 0.6 is 27.3 Å². The van der Waals surface area contributed by atoms with Gasteiger partial charge in [0.2, 0.25) is 0 Å². The molecule has 5 nitrogen and oxygen atoms in total. The van der Waals surface area contributed by atoms with Gasteiger partial charge in [-0.25, -0.2) is 8.42 Å². The molecule has 1 heterocycles. The maximum Gasteiger partial charge on any atom is 0.261 e. The van der Waals surface area contributed by atoms with Gasteiger partial charge in [-0.1, -0.05) is 24.3 Å². The number of thiophene rings is 1. The molecule has 8 heteroatoms. The summed E-state index contributed by atoms with van der Waals surface area (Å²) in [5.74, 6) is -0.180. The smallest absolute Gasteiger partial charge is 0.261 e. The number of sulfonamides is 1. The third kappa shape index (κ3) is 4.97. The molecule has 0 aliphatic carbocycles. The summed E-state index contributed by atoms with van der Waals surface area (Å²) in [6.07, 6.45) is 0. The molecule has 3 rings (SSSR count). The Morgan fingerprint density at radius 3 is 2.48 bits per heavy atom. The van der Waals surface area contributed by atoms with E-state index >= 15 is 0 Å². The molecule has 3 aromatic rings. The number of hydrogen-bond donors (Lipinski definition) is 1. The summed E-state index contributed by atoms with van der Waals surface area (Å²) in [4.78, 5) is 15.5. The molecule has 140 valence electrons. The summed E-state index contributed by atoms with van der Waals surface area (Å²) in [6.45, 7) is 0.481. The van der Waals surface area contributed by atoms with E-state index in [9.17, 15) is 13.2 Å². The van der Waals surface area contributed by atoms with E-state index in [2.05, 4.69) is 20.7 Å². The number of anilines is 1. The molecule has 0 saturated heterocycles. The van der Waals surface area contributed by atoms with Crippen LogP contribution in [-0.4, -0.2) is 26.3 Å². The number of nitrogens with one attached hydrogen (secondary N) is 1. The van der Waals surface area contributed by atoms with Crippen LogP contribution in [-0.2, 0) is 16.6 Å². The van der Waals surface area contributed by atoms with E-state index < -0.39 is 10.0 Å². The number of benzene rings is 2. The van der Waals surface area contributed by atoms with Crippen molar-refractivity contribution in [2.24, 2.45) is 0 Å². The molecule has 0 saturated carbocycles. The van der Waals surface area contributed by atoms with E-state index in [0.717, 1.165) is 8.66 Å². The molecule has 27 heavy (non-hydrogen) atoms. The third-order valence-corrected chi connectivity index (χ3v) is 6.79. The highest BCUT2D eigenvalue weighted by molar-refractivity contribution is 9.11. The maximum absolute atomic E-state index is 12.7. The number of rotatable bonds is 6. The molecule has 1 N–H and O–H groups in total. The molecule has 1 amide bonds. The van der Waals surface area contributed by atoms with E-state index in [-0.39, 0.29) is 10.8 Å². The zero-order valence-electron chi connectivity index (χ0n) is 14.4. The first-order chi connectivity index (χ1) is 12.8. The van der Waals surface area contributed by atoms with Gasteiger partial charge >= 0.3 is 0 Å². The normalized spacial score (nSPS) is 11.2. The molecule has 1 aromatic heterocycles. The van der Waals surface area contributed by atoms with Crippen LogP contribution in [0.1, 0.15) is 15.2 Å². The van der Waals surface area contributed by atoms with Crippen molar-refractivity contribution in [2.75, 3.05) is 11.8 Å². The fourth-order valence-corrected chi connectivity index (χ4v) is 5.10. The summed E-state index contributed by atoms with van der Waals surface area (Å²) < 4.78 is 28.4. The highest BCUT2D eigenvalue weighted by atomic mass is 79.9. The van der Waals surface area contributed by atoms with Crippen LogP contribution in [0.25, 0.3) is 0 Å². The van der Waals surface area contributed by atoms with Crippen molar-refractivity contribution in [3.05, 3.63) is 81.0 Å². The van der Waals surface area contributed by atoms with Crippen molar-refractivity contribution in [1.82, 2.24) is 4.90 Å². The Morgan fingerprint density at radius 2 is 1.81 bits per heavy atom. The second-order valence-electron chi connectivity index (χ2n) is 5.87. The molecule has 0 bridgehead atoms. The minimum atomic E-state index is -3.70. The molecule has 0 aliphatic heterocycles. The standard InChI is InChI=1S/C19H17BrN2O3S2/c1-22(13-16-10-11-18(20)26-16)19(23)14-6-5-7-15(12-14)21-27(24,25)17-8-3-2-4-9-17/h2-12,21H,13H2,1H3. The monoisotopic (exact) mass is 464 g/mol. The largest absolute Gasteiger partial charge is 0.337 e. The lowest BCUT2D eigenvalue weighted by Crippen LogP contribution is -2.26. The second kappa shape index (κ2) is 8.24. The summed E-state index contributed by atoms with van der Waals surface area (Å²) >= 11 is 4.98. The first-order valence-electron chi connectivity index (χ1n) is 8.03. The van der Waals surface area contributed by atoms with Gasteiger partial charge in [0, 0.05) is 23.2 Å². The van der Waals surface area contributed by atoms with Gasteiger partial charge in [-0.2, -0.15) is 0 Å². The van der Waals surface area contributed by atoms with E-state index in [4.69, 9.17) is 0 Å². The van der Waals surface area contributed by atoms with Gasteiger partial charge in [0.15, 0.2) is 0 Å². The molecule has 0 fully saturated rings. The molecule has 0 spiro atoms. The summed E-state index contributed by atoms with van der Waals surface area (Å²) in [5.41, 5.74) is 0.762. The Labute approximate surface area is 170 Å². The minimum Gasteiger partial charge on any atom is -0.337 e. The van der Waals surface area contributed by atoms with Crippen LogP contribution in [0.4, 0.5) is 5.69 Å². The molecule has 0 aliphatic rings. The van der Waals surface area contributed by atoms with Gasteiger partial charge in [0.05, 0.1) is 15.2 Å². The molecule has 0 unspecified atom stereocenters. The van der Waals surface area contributed by atoms with E-state index in [1.807, 2.05) is 12.1 Å². The average molecular weight is 465 g/mol. The fourth-order valence-electron chi connectivity index (χ4n) is 2.49. The highest BCUT2D eigenvalue weighted by Crippen LogP contribution is 2.24. The van der Waals surface area contributed by atoms with Crippen molar-refractivity contribution >= 4 is 48.9 Å². The number of carbonyl (C=O) groups is 1. The van der Waals surface area contributed by atoms with Crippen LogP contribution in [0.15, 0.2) is 75.4 Å². The van der Waals surface area contributed by atoms with Gasteiger partial charge < -0.3 is 4.90 Å². The molecule has 0 atom stereocenters. The molecular formula is C19H17BrN2O3S2. The van der Waals surface area contributed by atoms with Gasteiger partial charge in [0.1, 0.15) is 0 Å². The van der Waals surface area contributed by atoms with Crippen LogP contribution in [0.2, 0.25) is 0 Å². The van der Waals surface area contributed by atoms with Crippen molar-refractivity contribution in [2.45, 2.75) is 11.4 Å². The van der Waals surface area contributed by atoms with E-state index in [1.165, 1.54) is 12.1 Å². The Balaban J connectivity index is 1.76. The van der Waals surface area contributed by atoms with Gasteiger partial charge in [-0.05, 0) is 58.4 Å². The topological polar surface area (TPSA) is 66.5 Å². The zero-order valence-corrected chi connectivity index (χ0v) is 17.6. The lowest BCUT2D eigenvalue weighted by molar-refractivity contribution is 0.0786. The van der Waals surface area contributed by atoms with Crippen molar-refractivity contribution < 1.29 is 13.2 Å². The van der Waals surface area contributed by atoms with E-state index in [1.54, 1.807) is 65.7 Å². The summed E-state index contributed by atoms with van der Waals surface area (Å²) in [6, 6.07) is 18.5. The van der Waals surface area contributed by atoms with Crippen molar-refractivity contribution in [3.63, 3.8) is 0 Å². The predicted molar refractivity (Wildman–Crippen MR) is 112 cm³/mol. The maximum atomic E-state index is 12.7. The van der Waals surface area contributed by atoms with Gasteiger partial charge in [-0.3, -0.25) is 9.52 Å². The summed E-state index contributed by atoms with van der Waals surface area (Å²) in [7, 11) is -1.98. The van der Waals surface area contributed by atoms with E-state index in [0.29, 0.717) is 17.8 Å². The van der Waals surface area contributed by atoms with Crippen LogP contribution in [0.5, 0.6) is 0 Å². The Hall–Kier alpha value is -2.16. The number of halogens is 1. The highest BCUT2D eigenvalue weighted by Gasteiger charge is 2.16. The Kier molecular flexibility index (Phi) is 5.98. The quantitative estimate of drug-likeness (QED) is 0.580. The predicted octanol–water partition coefficient (Wildman–Crippen LogP) is 4.58. The second-order valence-corrected chi connectivity index (χ2v) is 10.1. The van der Waals surface area contributed by atoms with Crippen molar-refractivity contribution in [1.29, 1.82) is 0 Å². The van der Waals surface area contributed by atoms with Crippen molar-refractivity contribution in [3.8, 4) is 0 Å². The van der Waals surface area contributed by atoms with Crippen LogP contribution in [0, 0.1) is 0 Å².